The van der Waals surface area contributed by atoms with E-state index in [0.717, 1.165) is 0 Å². The third-order valence-electron chi connectivity index (χ3n) is 4.93. The number of hydrogen-bond donors (Lipinski definition) is 2. The van der Waals surface area contributed by atoms with Crippen molar-refractivity contribution >= 4 is 21.6 Å². The van der Waals surface area contributed by atoms with Crippen molar-refractivity contribution in [3.05, 3.63) is 60.2 Å². The van der Waals surface area contributed by atoms with Crippen molar-refractivity contribution in [2.75, 3.05) is 4.72 Å². The van der Waals surface area contributed by atoms with Crippen molar-refractivity contribution < 1.29 is 26.4 Å². The molecule has 3 rings (SSSR count). The highest BCUT2D eigenvalue weighted by Crippen LogP contribution is 2.37. The molecule has 2 aromatic carbocycles. The van der Waals surface area contributed by atoms with Gasteiger partial charge in [-0.2, -0.15) is 13.2 Å². The SMILES string of the molecule is O=C(NC1CCCC(C(F)(F)F)C1)c1ccc(S(=O)(=O)Nc2ccccc2)cc1. The molecule has 2 N–H and O–H groups in total. The summed E-state index contributed by atoms with van der Waals surface area (Å²) in [6.45, 7) is 0. The second kappa shape index (κ2) is 8.44. The third kappa shape index (κ3) is 5.50. The number of para-hydroxylation sites is 1. The highest BCUT2D eigenvalue weighted by atomic mass is 32.2. The molecular weight excluding hydrogens is 405 g/mol. The van der Waals surface area contributed by atoms with Gasteiger partial charge in [-0.3, -0.25) is 9.52 Å². The fraction of sp³-hybridized carbons (Fsp3) is 0.350. The van der Waals surface area contributed by atoms with Gasteiger partial charge in [0.1, 0.15) is 0 Å². The lowest BCUT2D eigenvalue weighted by molar-refractivity contribution is -0.183. The minimum absolute atomic E-state index is 0.0206. The van der Waals surface area contributed by atoms with Crippen molar-refractivity contribution in [1.29, 1.82) is 0 Å². The highest BCUT2D eigenvalue weighted by molar-refractivity contribution is 7.92. The lowest BCUT2D eigenvalue weighted by atomic mass is 9.85. The van der Waals surface area contributed by atoms with Crippen LogP contribution in [0.4, 0.5) is 18.9 Å². The molecule has 5 nitrogen and oxygen atoms in total. The lowest BCUT2D eigenvalue weighted by Gasteiger charge is -2.31. The smallest absolute Gasteiger partial charge is 0.349 e. The fourth-order valence-corrected chi connectivity index (χ4v) is 4.45. The summed E-state index contributed by atoms with van der Waals surface area (Å²) in [7, 11) is -3.81. The molecule has 1 saturated carbocycles. The van der Waals surface area contributed by atoms with Crippen LogP contribution in [0.1, 0.15) is 36.0 Å². The molecule has 1 amide bonds. The molecule has 9 heteroatoms. The molecule has 156 valence electrons. The van der Waals surface area contributed by atoms with E-state index < -0.39 is 34.1 Å². The number of halogens is 3. The summed E-state index contributed by atoms with van der Waals surface area (Å²) in [6, 6.07) is 13.1. The van der Waals surface area contributed by atoms with Crippen LogP contribution in [-0.4, -0.2) is 26.5 Å². The van der Waals surface area contributed by atoms with Gasteiger partial charge in [0.25, 0.3) is 15.9 Å². The summed E-state index contributed by atoms with van der Waals surface area (Å²) < 4.78 is 66.0. The molecular formula is C20H21F3N2O3S. The molecule has 2 atom stereocenters. The van der Waals surface area contributed by atoms with Gasteiger partial charge in [0.15, 0.2) is 0 Å². The van der Waals surface area contributed by atoms with Crippen molar-refractivity contribution in [2.24, 2.45) is 5.92 Å². The molecule has 0 spiro atoms. The average Bonchev–Trinajstić information content (AvgIpc) is 2.68. The Balaban J connectivity index is 1.64. The predicted molar refractivity (Wildman–Crippen MR) is 103 cm³/mol. The topological polar surface area (TPSA) is 75.3 Å². The Bertz CT molecular complexity index is 945. The van der Waals surface area contributed by atoms with Gasteiger partial charge in [0, 0.05) is 17.3 Å². The van der Waals surface area contributed by atoms with Gasteiger partial charge in [-0.05, 0) is 55.7 Å². The molecule has 0 bridgehead atoms. The predicted octanol–water partition coefficient (Wildman–Crippen LogP) is 4.34. The number of anilines is 1. The van der Waals surface area contributed by atoms with E-state index in [0.29, 0.717) is 18.5 Å². The number of carbonyl (C=O) groups excluding carboxylic acids is 1. The monoisotopic (exact) mass is 426 g/mol. The van der Waals surface area contributed by atoms with Gasteiger partial charge in [-0.25, -0.2) is 8.42 Å². The average molecular weight is 426 g/mol. The maximum absolute atomic E-state index is 12.9. The van der Waals surface area contributed by atoms with Gasteiger partial charge in [-0.15, -0.1) is 0 Å². The first-order chi connectivity index (χ1) is 13.6. The second-order valence-corrected chi connectivity index (χ2v) is 8.75. The Morgan fingerprint density at radius 2 is 1.62 bits per heavy atom. The molecule has 0 aromatic heterocycles. The molecule has 1 aliphatic rings. The molecule has 29 heavy (non-hydrogen) atoms. The molecule has 2 aromatic rings. The summed E-state index contributed by atoms with van der Waals surface area (Å²) in [6.07, 6.45) is -3.42. The Hall–Kier alpha value is -2.55. The standard InChI is InChI=1S/C20H21F3N2O3S/c21-20(22,23)15-5-4-8-17(13-15)24-19(26)14-9-11-18(12-10-14)29(27,28)25-16-6-2-1-3-7-16/h1-3,6-7,9-12,15,17,25H,4-5,8,13H2,(H,24,26). The van der Waals surface area contributed by atoms with E-state index in [2.05, 4.69) is 10.0 Å². The number of amides is 1. The van der Waals surface area contributed by atoms with Crippen LogP contribution in [0, 0.1) is 5.92 Å². The van der Waals surface area contributed by atoms with E-state index in [4.69, 9.17) is 0 Å². The fourth-order valence-electron chi connectivity index (χ4n) is 3.39. The van der Waals surface area contributed by atoms with Crippen LogP contribution in [0.15, 0.2) is 59.5 Å². The van der Waals surface area contributed by atoms with Crippen molar-refractivity contribution in [3.8, 4) is 0 Å². The number of alkyl halides is 3. The summed E-state index contributed by atoms with van der Waals surface area (Å²) in [4.78, 5) is 12.3. The zero-order chi connectivity index (χ0) is 21.1. The Morgan fingerprint density at radius 3 is 2.24 bits per heavy atom. The summed E-state index contributed by atoms with van der Waals surface area (Å²) in [5.74, 6) is -1.92. The maximum atomic E-state index is 12.9. The molecule has 0 aliphatic heterocycles. The second-order valence-electron chi connectivity index (χ2n) is 7.07. The van der Waals surface area contributed by atoms with Gasteiger partial charge in [0.2, 0.25) is 0 Å². The van der Waals surface area contributed by atoms with Gasteiger partial charge in [0.05, 0.1) is 10.8 Å². The zero-order valence-electron chi connectivity index (χ0n) is 15.4. The number of carbonyl (C=O) groups is 1. The first-order valence-electron chi connectivity index (χ1n) is 9.21. The van der Waals surface area contributed by atoms with Crippen LogP contribution in [-0.2, 0) is 10.0 Å². The Morgan fingerprint density at radius 1 is 0.966 bits per heavy atom. The number of benzene rings is 2. The summed E-state index contributed by atoms with van der Waals surface area (Å²) in [5, 5.41) is 2.63. The molecule has 2 unspecified atom stereocenters. The van der Waals surface area contributed by atoms with E-state index in [9.17, 15) is 26.4 Å². The van der Waals surface area contributed by atoms with Gasteiger partial charge in [-0.1, -0.05) is 24.6 Å². The van der Waals surface area contributed by atoms with E-state index in [1.165, 1.54) is 24.3 Å². The van der Waals surface area contributed by atoms with E-state index in [1.54, 1.807) is 30.3 Å². The number of nitrogens with one attached hydrogen (secondary N) is 2. The van der Waals surface area contributed by atoms with Crippen LogP contribution in [0.25, 0.3) is 0 Å². The molecule has 0 heterocycles. The first kappa shape index (κ1) is 21.2. The highest BCUT2D eigenvalue weighted by Gasteiger charge is 2.42. The summed E-state index contributed by atoms with van der Waals surface area (Å²) >= 11 is 0. The number of rotatable bonds is 5. The van der Waals surface area contributed by atoms with Crippen molar-refractivity contribution in [3.63, 3.8) is 0 Å². The van der Waals surface area contributed by atoms with Crippen molar-refractivity contribution in [2.45, 2.75) is 42.8 Å². The van der Waals surface area contributed by atoms with Crippen LogP contribution in [0.5, 0.6) is 0 Å². The van der Waals surface area contributed by atoms with E-state index >= 15 is 0 Å². The van der Waals surface area contributed by atoms with E-state index in [1.807, 2.05) is 0 Å². The quantitative estimate of drug-likeness (QED) is 0.747. The minimum atomic E-state index is -4.26. The minimum Gasteiger partial charge on any atom is -0.349 e. The lowest BCUT2D eigenvalue weighted by Crippen LogP contribution is -2.41. The molecule has 0 saturated heterocycles. The van der Waals surface area contributed by atoms with Crippen molar-refractivity contribution in [1.82, 2.24) is 5.32 Å². The number of hydrogen-bond acceptors (Lipinski definition) is 3. The summed E-state index contributed by atoms with van der Waals surface area (Å²) in [5.41, 5.74) is 0.601. The zero-order valence-corrected chi connectivity index (χ0v) is 16.3. The van der Waals surface area contributed by atoms with E-state index in [-0.39, 0.29) is 23.3 Å². The number of sulfonamides is 1. The first-order valence-corrected chi connectivity index (χ1v) is 10.7. The largest absolute Gasteiger partial charge is 0.391 e. The molecule has 0 radical (unpaired) electrons. The van der Waals surface area contributed by atoms with Crippen LogP contribution < -0.4 is 10.0 Å². The van der Waals surface area contributed by atoms with Crippen LogP contribution >= 0.6 is 0 Å². The molecule has 1 aliphatic carbocycles. The third-order valence-corrected chi connectivity index (χ3v) is 6.32. The Labute approximate surface area is 167 Å². The Kier molecular flexibility index (Phi) is 6.16. The van der Waals surface area contributed by atoms with Crippen LogP contribution in [0.2, 0.25) is 0 Å². The normalized spacial score (nSPS) is 20.1. The maximum Gasteiger partial charge on any atom is 0.391 e. The van der Waals surface area contributed by atoms with Gasteiger partial charge >= 0.3 is 6.18 Å². The molecule has 1 fully saturated rings. The van der Waals surface area contributed by atoms with Crippen LogP contribution in [0.3, 0.4) is 0 Å². The van der Waals surface area contributed by atoms with Gasteiger partial charge < -0.3 is 5.32 Å².